The standard InChI is InChI=1S/C20H22O/c21-20-7-3-6-9-4-1-2-5-8(4)13-14(9)16-11(6)12(7)17-18(16)15(13)10(5)19(17)20/h4-19H,1-3H2/t4-,5-,6-,7-,8-,9+,10+,11+,12-,13-,14-,15+,16+,17+,18-,19+/m1/s1. The summed E-state index contributed by atoms with van der Waals surface area (Å²) in [5, 5.41) is 0. The highest BCUT2D eigenvalue weighted by Crippen LogP contribution is 2.91. The molecule has 108 valence electrons. The Morgan fingerprint density at radius 1 is 0.571 bits per heavy atom. The van der Waals surface area contributed by atoms with E-state index in [1.54, 1.807) is 6.42 Å². The van der Waals surface area contributed by atoms with Crippen LogP contribution in [0.4, 0.5) is 0 Å². The van der Waals surface area contributed by atoms with Gasteiger partial charge in [0.15, 0.2) is 0 Å². The minimum Gasteiger partial charge on any atom is -0.299 e. The van der Waals surface area contributed by atoms with Crippen LogP contribution in [0.3, 0.4) is 0 Å². The highest BCUT2D eigenvalue weighted by Gasteiger charge is 2.88. The lowest BCUT2D eigenvalue weighted by Gasteiger charge is -2.31. The van der Waals surface area contributed by atoms with Crippen LogP contribution in [-0.2, 0) is 4.79 Å². The first-order chi connectivity index (χ1) is 10.4. The third kappa shape index (κ3) is 0.606. The number of Topliss-reactive ketones (excluding diaryl/α,β-unsaturated/α-hetero) is 1. The first-order valence-corrected chi connectivity index (χ1v) is 9.91. The van der Waals surface area contributed by atoms with Crippen molar-refractivity contribution < 1.29 is 4.79 Å². The minimum absolute atomic E-state index is 0.569. The molecule has 9 fully saturated rings. The van der Waals surface area contributed by atoms with Crippen LogP contribution in [0.2, 0.25) is 0 Å². The predicted molar refractivity (Wildman–Crippen MR) is 74.7 cm³/mol. The van der Waals surface area contributed by atoms with Gasteiger partial charge in [0.2, 0.25) is 0 Å². The van der Waals surface area contributed by atoms with Gasteiger partial charge in [-0.1, -0.05) is 0 Å². The Kier molecular flexibility index (Phi) is 1.10. The Balaban J connectivity index is 1.48. The van der Waals surface area contributed by atoms with Gasteiger partial charge in [-0.2, -0.15) is 0 Å². The molecular formula is C20H22O. The van der Waals surface area contributed by atoms with Crippen LogP contribution in [0.25, 0.3) is 0 Å². The number of ketones is 1. The van der Waals surface area contributed by atoms with Crippen molar-refractivity contribution in [1.82, 2.24) is 0 Å². The van der Waals surface area contributed by atoms with E-state index < -0.39 is 0 Å². The summed E-state index contributed by atoms with van der Waals surface area (Å²) in [6, 6.07) is 0. The van der Waals surface area contributed by atoms with Crippen LogP contribution in [0.15, 0.2) is 0 Å². The molecule has 0 amide bonds. The van der Waals surface area contributed by atoms with Crippen molar-refractivity contribution in [3.05, 3.63) is 0 Å². The van der Waals surface area contributed by atoms with Crippen LogP contribution >= 0.6 is 0 Å². The third-order valence-corrected chi connectivity index (χ3v) is 11.6. The summed E-state index contributed by atoms with van der Waals surface area (Å²) >= 11 is 0. The fourth-order valence-electron chi connectivity index (χ4n) is 12.7. The Morgan fingerprint density at radius 2 is 1.19 bits per heavy atom. The second-order valence-electron chi connectivity index (χ2n) is 10.7. The van der Waals surface area contributed by atoms with E-state index in [1.807, 2.05) is 0 Å². The summed E-state index contributed by atoms with van der Waals surface area (Å²) in [5.74, 6) is 16.8. The van der Waals surface area contributed by atoms with Crippen LogP contribution in [0.1, 0.15) is 19.3 Å². The zero-order valence-electron chi connectivity index (χ0n) is 12.3. The normalized spacial score (nSPS) is 87.5. The smallest absolute Gasteiger partial charge is 0.139 e. The molecule has 9 aliphatic carbocycles. The molecule has 16 atom stereocenters. The molecule has 0 aromatic rings. The summed E-state index contributed by atoms with van der Waals surface area (Å²) in [7, 11) is 0. The molecule has 0 N–H and O–H groups in total. The predicted octanol–water partition coefficient (Wildman–Crippen LogP) is 2.71. The molecule has 0 spiro atoms. The number of hydrogen-bond donors (Lipinski definition) is 0. The zero-order valence-corrected chi connectivity index (χ0v) is 12.3. The Morgan fingerprint density at radius 3 is 2.05 bits per heavy atom. The summed E-state index contributed by atoms with van der Waals surface area (Å²) in [6.07, 6.45) is 4.46. The molecule has 1 nitrogen and oxygen atoms in total. The molecule has 9 rings (SSSR count). The second kappa shape index (κ2) is 2.38. The van der Waals surface area contributed by atoms with Crippen LogP contribution in [0, 0.1) is 94.7 Å². The largest absolute Gasteiger partial charge is 0.299 e. The lowest BCUT2D eigenvalue weighted by molar-refractivity contribution is -0.126. The van der Waals surface area contributed by atoms with Gasteiger partial charge >= 0.3 is 0 Å². The number of carbonyl (C=O) groups excluding carboxylic acids is 1. The zero-order chi connectivity index (χ0) is 12.9. The summed E-state index contributed by atoms with van der Waals surface area (Å²) in [4.78, 5) is 13.3. The quantitative estimate of drug-likeness (QED) is 0.666. The minimum atomic E-state index is 0.569. The summed E-state index contributed by atoms with van der Waals surface area (Å²) in [5.41, 5.74) is 0. The number of rotatable bonds is 0. The SMILES string of the molecule is O=C1[C@@H]2[C@@H]3[C@H]4[C@H]5[C@H]6[C@H](C[C@@H]1[C@H]63)[C@@H]1[C@@H]3CC[C@@H]6[C@@H]3[C@H]([C@@H]15)[C@@H]4[C@H]62. The van der Waals surface area contributed by atoms with Crippen molar-refractivity contribution in [2.75, 3.05) is 0 Å². The first kappa shape index (κ1) is 9.73. The van der Waals surface area contributed by atoms with Gasteiger partial charge < -0.3 is 0 Å². The fourth-order valence-corrected chi connectivity index (χ4v) is 12.7. The van der Waals surface area contributed by atoms with E-state index in [4.69, 9.17) is 0 Å². The molecule has 0 aromatic carbocycles. The highest BCUT2D eigenvalue weighted by molar-refractivity contribution is 5.88. The molecule has 0 aromatic heterocycles. The molecule has 9 saturated carbocycles. The maximum Gasteiger partial charge on any atom is 0.139 e. The Labute approximate surface area is 125 Å². The molecule has 0 radical (unpaired) electrons. The second-order valence-corrected chi connectivity index (χ2v) is 10.7. The van der Waals surface area contributed by atoms with Gasteiger partial charge in [0.05, 0.1) is 0 Å². The van der Waals surface area contributed by atoms with Crippen molar-refractivity contribution in [2.45, 2.75) is 19.3 Å². The van der Waals surface area contributed by atoms with E-state index in [0.29, 0.717) is 11.8 Å². The molecule has 0 saturated heterocycles. The lowest BCUT2D eigenvalue weighted by Crippen LogP contribution is -2.31. The van der Waals surface area contributed by atoms with Crippen molar-refractivity contribution in [3.8, 4) is 0 Å². The molecule has 1 heteroatoms. The fraction of sp³-hybridized carbons (Fsp3) is 0.950. The maximum absolute atomic E-state index is 13.3. The molecule has 0 heterocycles. The van der Waals surface area contributed by atoms with Gasteiger partial charge in [-0.3, -0.25) is 4.79 Å². The van der Waals surface area contributed by atoms with Crippen molar-refractivity contribution in [3.63, 3.8) is 0 Å². The van der Waals surface area contributed by atoms with Crippen LogP contribution in [-0.4, -0.2) is 5.78 Å². The first-order valence-electron chi connectivity index (χ1n) is 9.91. The van der Waals surface area contributed by atoms with E-state index >= 15 is 0 Å². The van der Waals surface area contributed by atoms with Gasteiger partial charge in [-0.05, 0) is 102 Å². The third-order valence-electron chi connectivity index (χ3n) is 11.6. The van der Waals surface area contributed by atoms with Crippen LogP contribution in [0.5, 0.6) is 0 Å². The summed E-state index contributed by atoms with van der Waals surface area (Å²) < 4.78 is 0. The topological polar surface area (TPSA) is 17.1 Å². The molecule has 0 aliphatic heterocycles. The van der Waals surface area contributed by atoms with E-state index in [-0.39, 0.29) is 0 Å². The number of fused-ring (bicyclic) bond motifs is 4. The van der Waals surface area contributed by atoms with Gasteiger partial charge in [0, 0.05) is 11.8 Å². The van der Waals surface area contributed by atoms with Crippen molar-refractivity contribution >= 4 is 5.78 Å². The van der Waals surface area contributed by atoms with Gasteiger partial charge in [-0.25, -0.2) is 0 Å². The van der Waals surface area contributed by atoms with E-state index in [1.165, 1.54) is 18.8 Å². The molecule has 9 aliphatic rings. The molecule has 21 heavy (non-hydrogen) atoms. The van der Waals surface area contributed by atoms with E-state index in [0.717, 1.165) is 82.7 Å². The van der Waals surface area contributed by atoms with Gasteiger partial charge in [0.1, 0.15) is 5.78 Å². The Bertz CT molecular complexity index is 658. The molecular weight excluding hydrogens is 256 g/mol. The monoisotopic (exact) mass is 278 g/mol. The van der Waals surface area contributed by atoms with Crippen molar-refractivity contribution in [1.29, 1.82) is 0 Å². The number of hydrogen-bond acceptors (Lipinski definition) is 1. The average Bonchev–Trinajstić information content (AvgIpc) is 3.17. The van der Waals surface area contributed by atoms with Crippen LogP contribution < -0.4 is 0 Å². The maximum atomic E-state index is 13.3. The van der Waals surface area contributed by atoms with Gasteiger partial charge in [-0.15, -0.1) is 0 Å². The Hall–Kier alpha value is -0.330. The lowest BCUT2D eigenvalue weighted by atomic mass is 9.73. The van der Waals surface area contributed by atoms with Crippen molar-refractivity contribution in [2.24, 2.45) is 94.7 Å². The van der Waals surface area contributed by atoms with Gasteiger partial charge in [0.25, 0.3) is 0 Å². The average molecular weight is 278 g/mol. The molecule has 0 bridgehead atoms. The van der Waals surface area contributed by atoms with E-state index in [9.17, 15) is 4.79 Å². The summed E-state index contributed by atoms with van der Waals surface area (Å²) in [6.45, 7) is 0. The number of carbonyl (C=O) groups is 1. The highest BCUT2D eigenvalue weighted by atomic mass is 16.1. The molecule has 0 unspecified atom stereocenters. The van der Waals surface area contributed by atoms with E-state index in [2.05, 4.69) is 0 Å².